The van der Waals surface area contributed by atoms with Crippen LogP contribution in [0.1, 0.15) is 43.0 Å². The first-order chi connectivity index (χ1) is 13.0. The van der Waals surface area contributed by atoms with Gasteiger partial charge in [-0.1, -0.05) is 41.9 Å². The van der Waals surface area contributed by atoms with E-state index < -0.39 is 0 Å². The monoisotopic (exact) mass is 419 g/mol. The summed E-state index contributed by atoms with van der Waals surface area (Å²) in [4.78, 5) is 17.4. The van der Waals surface area contributed by atoms with Gasteiger partial charge >= 0.3 is 0 Å². The minimum Gasteiger partial charge on any atom is -0.325 e. The lowest BCUT2D eigenvalue weighted by molar-refractivity contribution is -0.115. The minimum absolute atomic E-state index is 0.163. The number of benzene rings is 1. The average molecular weight is 420 g/mol. The van der Waals surface area contributed by atoms with E-state index in [-0.39, 0.29) is 11.2 Å². The predicted molar refractivity (Wildman–Crippen MR) is 111 cm³/mol. The SMILES string of the molecule is CCC(Sc1nc2c(cc1C#N)CCCC2)C(=O)Nc1cc(Cl)cc(Cl)c1. The van der Waals surface area contributed by atoms with Crippen LogP contribution in [0, 0.1) is 11.3 Å². The number of carbonyl (C=O) groups excluding carboxylic acids is 1. The number of aromatic nitrogens is 1. The summed E-state index contributed by atoms with van der Waals surface area (Å²) in [6.45, 7) is 1.94. The molecule has 1 unspecified atom stereocenters. The summed E-state index contributed by atoms with van der Waals surface area (Å²) < 4.78 is 0. The highest BCUT2D eigenvalue weighted by Crippen LogP contribution is 2.32. The van der Waals surface area contributed by atoms with Crippen molar-refractivity contribution in [3.05, 3.63) is 51.1 Å². The third kappa shape index (κ3) is 4.95. The van der Waals surface area contributed by atoms with Crippen molar-refractivity contribution >= 4 is 46.6 Å². The molecular weight excluding hydrogens is 401 g/mol. The van der Waals surface area contributed by atoms with Gasteiger partial charge in [0.2, 0.25) is 5.91 Å². The largest absolute Gasteiger partial charge is 0.325 e. The quantitative estimate of drug-likeness (QED) is 0.635. The lowest BCUT2D eigenvalue weighted by atomic mass is 9.95. The molecule has 0 bridgehead atoms. The molecule has 1 heterocycles. The Labute approximate surface area is 173 Å². The summed E-state index contributed by atoms with van der Waals surface area (Å²) in [5.74, 6) is -0.163. The maximum Gasteiger partial charge on any atom is 0.237 e. The first-order valence-corrected chi connectivity index (χ1v) is 10.5. The molecular formula is C20H19Cl2N3OS. The van der Waals surface area contributed by atoms with Crippen molar-refractivity contribution in [1.29, 1.82) is 5.26 Å². The van der Waals surface area contributed by atoms with Crippen LogP contribution in [0.3, 0.4) is 0 Å². The Hall–Kier alpha value is -1.74. The van der Waals surface area contributed by atoms with Crippen LogP contribution < -0.4 is 5.32 Å². The van der Waals surface area contributed by atoms with Crippen LogP contribution in [0.2, 0.25) is 10.0 Å². The van der Waals surface area contributed by atoms with Gasteiger partial charge in [-0.3, -0.25) is 4.79 Å². The summed E-state index contributed by atoms with van der Waals surface area (Å²) >= 11 is 13.3. The summed E-state index contributed by atoms with van der Waals surface area (Å²) in [6.07, 6.45) is 4.75. The van der Waals surface area contributed by atoms with Crippen molar-refractivity contribution in [2.75, 3.05) is 5.32 Å². The Morgan fingerprint density at radius 2 is 1.96 bits per heavy atom. The number of thioether (sulfide) groups is 1. The molecule has 0 fully saturated rings. The number of aryl methyl sites for hydroxylation is 2. The van der Waals surface area contributed by atoms with Gasteiger partial charge in [-0.05, 0) is 61.9 Å². The van der Waals surface area contributed by atoms with Crippen LogP contribution in [0.25, 0.3) is 0 Å². The van der Waals surface area contributed by atoms with Gasteiger partial charge in [0.15, 0.2) is 0 Å². The van der Waals surface area contributed by atoms with E-state index in [4.69, 9.17) is 28.2 Å². The van der Waals surface area contributed by atoms with E-state index in [9.17, 15) is 10.1 Å². The summed E-state index contributed by atoms with van der Waals surface area (Å²) in [5.41, 5.74) is 3.31. The number of nitrogens with zero attached hydrogens (tertiary/aromatic N) is 2. The van der Waals surface area contributed by atoms with E-state index in [1.54, 1.807) is 18.2 Å². The maximum absolute atomic E-state index is 12.7. The van der Waals surface area contributed by atoms with Crippen molar-refractivity contribution < 1.29 is 4.79 Å². The molecule has 140 valence electrons. The molecule has 0 saturated carbocycles. The molecule has 27 heavy (non-hydrogen) atoms. The highest BCUT2D eigenvalue weighted by molar-refractivity contribution is 8.00. The Bertz CT molecular complexity index is 891. The molecule has 0 spiro atoms. The number of hydrogen-bond donors (Lipinski definition) is 1. The Kier molecular flexibility index (Phi) is 6.64. The standard InChI is InChI=1S/C20H19Cl2N3OS/c1-2-18(19(26)24-16-9-14(21)8-15(22)10-16)27-20-13(11-23)7-12-5-3-4-6-17(12)25-20/h7-10,18H,2-6H2,1H3,(H,24,26). The van der Waals surface area contributed by atoms with Crippen LogP contribution in [-0.2, 0) is 17.6 Å². The number of hydrogen-bond acceptors (Lipinski definition) is 4. The van der Waals surface area contributed by atoms with E-state index in [2.05, 4.69) is 11.4 Å². The van der Waals surface area contributed by atoms with Gasteiger partial charge in [0.1, 0.15) is 11.1 Å². The van der Waals surface area contributed by atoms with Crippen LogP contribution in [0.4, 0.5) is 5.69 Å². The van der Waals surface area contributed by atoms with Gasteiger partial charge in [0, 0.05) is 21.4 Å². The molecule has 4 nitrogen and oxygen atoms in total. The molecule has 3 rings (SSSR count). The Morgan fingerprint density at radius 3 is 2.63 bits per heavy atom. The smallest absolute Gasteiger partial charge is 0.237 e. The van der Waals surface area contributed by atoms with E-state index in [0.717, 1.165) is 36.9 Å². The van der Waals surface area contributed by atoms with E-state index >= 15 is 0 Å². The summed E-state index contributed by atoms with van der Waals surface area (Å²) in [7, 11) is 0. The summed E-state index contributed by atoms with van der Waals surface area (Å²) in [5, 5.41) is 13.5. The average Bonchev–Trinajstić information content (AvgIpc) is 2.64. The highest BCUT2D eigenvalue weighted by Gasteiger charge is 2.23. The number of nitrogens with one attached hydrogen (secondary N) is 1. The van der Waals surface area contributed by atoms with Crippen molar-refractivity contribution in [2.24, 2.45) is 0 Å². The highest BCUT2D eigenvalue weighted by atomic mass is 35.5. The molecule has 2 aromatic rings. The van der Waals surface area contributed by atoms with Gasteiger partial charge < -0.3 is 5.32 Å². The van der Waals surface area contributed by atoms with Gasteiger partial charge in [-0.15, -0.1) is 0 Å². The zero-order chi connectivity index (χ0) is 19.4. The van der Waals surface area contributed by atoms with Crippen molar-refractivity contribution in [3.63, 3.8) is 0 Å². The van der Waals surface area contributed by atoms with Gasteiger partial charge in [0.25, 0.3) is 0 Å². The van der Waals surface area contributed by atoms with Crippen molar-refractivity contribution in [1.82, 2.24) is 4.98 Å². The van der Waals surface area contributed by atoms with Crippen LogP contribution in [0.5, 0.6) is 0 Å². The Morgan fingerprint density at radius 1 is 1.26 bits per heavy atom. The molecule has 0 saturated heterocycles. The number of amides is 1. The number of anilines is 1. The zero-order valence-corrected chi connectivity index (χ0v) is 17.2. The van der Waals surface area contributed by atoms with E-state index in [1.165, 1.54) is 11.8 Å². The van der Waals surface area contributed by atoms with Gasteiger partial charge in [0.05, 0.1) is 10.8 Å². The summed E-state index contributed by atoms with van der Waals surface area (Å²) in [6, 6.07) is 9.08. The first kappa shape index (κ1) is 20.0. The third-order valence-corrected chi connectivity index (χ3v) is 6.24. The van der Waals surface area contributed by atoms with E-state index in [1.807, 2.05) is 13.0 Å². The van der Waals surface area contributed by atoms with Gasteiger partial charge in [-0.2, -0.15) is 5.26 Å². The normalized spacial score (nSPS) is 14.1. The molecule has 1 N–H and O–H groups in total. The second-order valence-electron chi connectivity index (χ2n) is 6.43. The van der Waals surface area contributed by atoms with Gasteiger partial charge in [-0.25, -0.2) is 4.98 Å². The number of rotatable bonds is 5. The fourth-order valence-corrected chi connectivity index (χ4v) is 4.61. The fraction of sp³-hybridized carbons (Fsp3) is 0.350. The van der Waals surface area contributed by atoms with Crippen LogP contribution >= 0.6 is 35.0 Å². The fourth-order valence-electron chi connectivity index (χ4n) is 3.09. The lowest BCUT2D eigenvalue weighted by Gasteiger charge is -2.19. The molecule has 1 aliphatic carbocycles. The van der Waals surface area contributed by atoms with Crippen LogP contribution in [0.15, 0.2) is 29.3 Å². The molecule has 1 amide bonds. The molecule has 7 heteroatoms. The molecule has 1 aliphatic rings. The molecule has 1 aromatic heterocycles. The maximum atomic E-state index is 12.7. The number of nitriles is 1. The third-order valence-electron chi connectivity index (χ3n) is 4.43. The second-order valence-corrected chi connectivity index (χ2v) is 8.49. The van der Waals surface area contributed by atoms with Crippen LogP contribution in [-0.4, -0.2) is 16.1 Å². The Balaban J connectivity index is 1.80. The first-order valence-electron chi connectivity index (χ1n) is 8.86. The number of halogens is 2. The number of pyridine rings is 1. The molecule has 0 radical (unpaired) electrons. The molecule has 1 aromatic carbocycles. The molecule has 1 atom stereocenters. The van der Waals surface area contributed by atoms with Crippen molar-refractivity contribution in [2.45, 2.75) is 49.3 Å². The van der Waals surface area contributed by atoms with E-state index in [0.29, 0.717) is 32.7 Å². The predicted octanol–water partition coefficient (Wildman–Crippen LogP) is 5.65. The zero-order valence-electron chi connectivity index (χ0n) is 14.9. The lowest BCUT2D eigenvalue weighted by Crippen LogP contribution is -2.25. The number of carbonyl (C=O) groups is 1. The molecule has 0 aliphatic heterocycles. The topological polar surface area (TPSA) is 65.8 Å². The van der Waals surface area contributed by atoms with Crippen molar-refractivity contribution in [3.8, 4) is 6.07 Å². The number of fused-ring (bicyclic) bond motifs is 1. The second kappa shape index (κ2) is 8.97. The minimum atomic E-state index is -0.371.